The van der Waals surface area contributed by atoms with E-state index in [9.17, 15) is 4.79 Å². The molecule has 5 aromatic rings. The summed E-state index contributed by atoms with van der Waals surface area (Å²) in [4.78, 5) is 21.7. The molecule has 0 N–H and O–H groups in total. The summed E-state index contributed by atoms with van der Waals surface area (Å²) in [6.07, 6.45) is 5.92. The molecule has 0 aliphatic carbocycles. The number of nitrogens with zero attached hydrogens (tertiary/aromatic N) is 6. The Morgan fingerprint density at radius 2 is 1.76 bits per heavy atom. The molecule has 5 rings (SSSR count). The molecule has 33 heavy (non-hydrogen) atoms. The summed E-state index contributed by atoms with van der Waals surface area (Å²) < 4.78 is 30.4. The molecule has 168 valence electrons. The molecule has 0 radical (unpaired) electrons. The van der Waals surface area contributed by atoms with Crippen LogP contribution >= 0.6 is 0 Å². The van der Waals surface area contributed by atoms with Gasteiger partial charge < -0.3 is 9.47 Å². The van der Waals surface area contributed by atoms with E-state index >= 15 is 4.39 Å². The number of rotatable bonds is 4. The van der Waals surface area contributed by atoms with E-state index in [1.165, 1.54) is 22.4 Å². The lowest BCUT2D eigenvalue weighted by Crippen LogP contribution is -2.22. The molecule has 0 fully saturated rings. The lowest BCUT2D eigenvalue weighted by Gasteiger charge is -2.13. The van der Waals surface area contributed by atoms with E-state index in [0.29, 0.717) is 27.7 Å². The van der Waals surface area contributed by atoms with Crippen molar-refractivity contribution in [3.63, 3.8) is 0 Å². The highest BCUT2D eigenvalue weighted by Gasteiger charge is 2.23. The van der Waals surface area contributed by atoms with Crippen LogP contribution in [0.1, 0.15) is 5.69 Å². The van der Waals surface area contributed by atoms with Crippen LogP contribution in [-0.4, -0.2) is 43.1 Å². The first-order chi connectivity index (χ1) is 15.8. The summed E-state index contributed by atoms with van der Waals surface area (Å²) in [6.45, 7) is 1.91. The van der Waals surface area contributed by atoms with Gasteiger partial charge in [0.2, 0.25) is 0 Å². The Kier molecular flexibility index (Phi) is 4.66. The first kappa shape index (κ1) is 20.7. The van der Waals surface area contributed by atoms with Gasteiger partial charge in [-0.1, -0.05) is 0 Å². The highest BCUT2D eigenvalue weighted by molar-refractivity contribution is 6.06. The Balaban J connectivity index is 1.97. The topological polar surface area (TPSA) is 89.0 Å². The smallest absolute Gasteiger partial charge is 0.333 e. The van der Waals surface area contributed by atoms with Gasteiger partial charge in [-0.05, 0) is 13.0 Å². The van der Waals surface area contributed by atoms with Crippen molar-refractivity contribution in [3.8, 4) is 28.3 Å². The molecule has 0 spiro atoms. The molecule has 9 nitrogen and oxygen atoms in total. The van der Waals surface area contributed by atoms with Crippen LogP contribution < -0.4 is 15.2 Å². The number of aromatic nitrogens is 6. The number of pyridine rings is 2. The van der Waals surface area contributed by atoms with Crippen LogP contribution in [0.25, 0.3) is 38.8 Å². The number of imidazole rings is 1. The van der Waals surface area contributed by atoms with Crippen LogP contribution in [0.4, 0.5) is 4.39 Å². The third-order valence-corrected chi connectivity index (χ3v) is 5.79. The van der Waals surface area contributed by atoms with Gasteiger partial charge >= 0.3 is 5.69 Å². The Bertz CT molecular complexity index is 1610. The van der Waals surface area contributed by atoms with Crippen LogP contribution in [0.5, 0.6) is 11.5 Å². The maximum Gasteiger partial charge on any atom is 0.333 e. The van der Waals surface area contributed by atoms with Crippen LogP contribution in [-0.2, 0) is 14.1 Å². The minimum absolute atomic E-state index is 0.00877. The maximum absolute atomic E-state index is 15.0. The summed E-state index contributed by atoms with van der Waals surface area (Å²) in [5.41, 5.74) is 3.69. The predicted molar refractivity (Wildman–Crippen MR) is 122 cm³/mol. The van der Waals surface area contributed by atoms with Gasteiger partial charge in [-0.25, -0.2) is 9.18 Å². The van der Waals surface area contributed by atoms with Crippen molar-refractivity contribution < 1.29 is 13.9 Å². The normalized spacial score (nSPS) is 11.5. The molecule has 4 heterocycles. The van der Waals surface area contributed by atoms with Crippen molar-refractivity contribution in [1.29, 1.82) is 0 Å². The van der Waals surface area contributed by atoms with E-state index in [2.05, 4.69) is 15.1 Å². The molecule has 0 amide bonds. The second-order valence-corrected chi connectivity index (χ2v) is 7.71. The van der Waals surface area contributed by atoms with E-state index < -0.39 is 11.5 Å². The molecule has 4 aromatic heterocycles. The lowest BCUT2D eigenvalue weighted by atomic mass is 10.0. The first-order valence-corrected chi connectivity index (χ1v) is 10.1. The van der Waals surface area contributed by atoms with Crippen LogP contribution in [0.2, 0.25) is 0 Å². The Hall–Kier alpha value is -4.21. The molecule has 0 bridgehead atoms. The molecular weight excluding hydrogens is 427 g/mol. The van der Waals surface area contributed by atoms with E-state index in [-0.39, 0.29) is 11.4 Å². The molecule has 0 aliphatic rings. The number of hydrogen-bond donors (Lipinski definition) is 0. The number of ether oxygens (including phenoxy) is 2. The van der Waals surface area contributed by atoms with Gasteiger partial charge in [-0.15, -0.1) is 0 Å². The van der Waals surface area contributed by atoms with Gasteiger partial charge in [-0.2, -0.15) is 5.10 Å². The van der Waals surface area contributed by atoms with Gasteiger partial charge in [-0.3, -0.25) is 23.8 Å². The molecule has 0 saturated carbocycles. The average Bonchev–Trinajstić information content (AvgIpc) is 3.27. The lowest BCUT2D eigenvalue weighted by molar-refractivity contribution is 0.406. The molecule has 0 unspecified atom stereocenters. The van der Waals surface area contributed by atoms with Crippen molar-refractivity contribution in [2.45, 2.75) is 6.92 Å². The fraction of sp³-hybridized carbons (Fsp3) is 0.217. The molecular formula is C23H21FN6O3. The second kappa shape index (κ2) is 7.44. The number of methoxy groups -OCH3 is 2. The Morgan fingerprint density at radius 3 is 2.42 bits per heavy atom. The van der Waals surface area contributed by atoms with Crippen LogP contribution in [0.15, 0.2) is 41.7 Å². The fourth-order valence-corrected chi connectivity index (χ4v) is 4.25. The van der Waals surface area contributed by atoms with Crippen LogP contribution in [0.3, 0.4) is 0 Å². The molecule has 10 heteroatoms. The molecule has 0 atom stereocenters. The summed E-state index contributed by atoms with van der Waals surface area (Å²) in [5.74, 6) is 0.0834. The largest absolute Gasteiger partial charge is 0.496 e. The van der Waals surface area contributed by atoms with Gasteiger partial charge in [0.1, 0.15) is 11.4 Å². The molecule has 1 aromatic carbocycles. The predicted octanol–water partition coefficient (Wildman–Crippen LogP) is 3.14. The number of benzene rings is 1. The quantitative estimate of drug-likeness (QED) is 0.420. The third kappa shape index (κ3) is 2.98. The monoisotopic (exact) mass is 448 g/mol. The minimum Gasteiger partial charge on any atom is -0.496 e. The highest BCUT2D eigenvalue weighted by atomic mass is 19.1. The first-order valence-electron chi connectivity index (χ1n) is 10.1. The Morgan fingerprint density at radius 1 is 1.00 bits per heavy atom. The molecule has 0 aliphatic heterocycles. The maximum atomic E-state index is 15.0. The summed E-state index contributed by atoms with van der Waals surface area (Å²) in [7, 11) is 6.46. The standard InChI is InChI=1S/C23H21FN6O3/c1-12-15(11-28(2)27-12)13-6-14-17(7-19(13)32-4)26-9-18-21(14)30(23(31)29(18)3)22-16(24)8-25-10-20(22)33-5/h6-11H,1-5H3. The van der Waals surface area contributed by atoms with Crippen molar-refractivity contribution >= 4 is 21.9 Å². The van der Waals surface area contributed by atoms with Crippen molar-refractivity contribution in [3.05, 3.63) is 58.9 Å². The van der Waals surface area contributed by atoms with Gasteiger partial charge in [0.05, 0.1) is 55.1 Å². The van der Waals surface area contributed by atoms with Crippen molar-refractivity contribution in [2.24, 2.45) is 14.1 Å². The Labute approximate surface area is 187 Å². The highest BCUT2D eigenvalue weighted by Crippen LogP contribution is 2.38. The summed E-state index contributed by atoms with van der Waals surface area (Å²) in [6, 6.07) is 3.70. The zero-order chi connectivity index (χ0) is 23.4. The van der Waals surface area contributed by atoms with E-state index in [1.54, 1.807) is 31.1 Å². The van der Waals surface area contributed by atoms with Gasteiger partial charge in [0.15, 0.2) is 11.6 Å². The SMILES string of the molecule is COc1cc2ncc3c(c2cc1-c1cn(C)nc1C)n(-c1c(F)cncc1OC)c(=O)n3C. The summed E-state index contributed by atoms with van der Waals surface area (Å²) >= 11 is 0. The molecule has 0 saturated heterocycles. The zero-order valence-electron chi connectivity index (χ0n) is 18.8. The van der Waals surface area contributed by atoms with E-state index in [0.717, 1.165) is 23.0 Å². The van der Waals surface area contributed by atoms with E-state index in [1.807, 2.05) is 26.2 Å². The number of hydrogen-bond acceptors (Lipinski definition) is 6. The minimum atomic E-state index is -0.675. The fourth-order valence-electron chi connectivity index (χ4n) is 4.25. The van der Waals surface area contributed by atoms with Crippen LogP contribution in [0, 0.1) is 12.7 Å². The van der Waals surface area contributed by atoms with Crippen molar-refractivity contribution in [2.75, 3.05) is 14.2 Å². The third-order valence-electron chi connectivity index (χ3n) is 5.79. The number of aryl methyl sites for hydroxylation is 3. The zero-order valence-corrected chi connectivity index (χ0v) is 18.8. The second-order valence-electron chi connectivity index (χ2n) is 7.71. The van der Waals surface area contributed by atoms with Gasteiger partial charge in [0.25, 0.3) is 0 Å². The van der Waals surface area contributed by atoms with E-state index in [4.69, 9.17) is 9.47 Å². The van der Waals surface area contributed by atoms with Crippen molar-refractivity contribution in [1.82, 2.24) is 28.9 Å². The average molecular weight is 448 g/mol. The van der Waals surface area contributed by atoms with Gasteiger partial charge in [0, 0.05) is 42.9 Å². The summed E-state index contributed by atoms with van der Waals surface area (Å²) in [5, 5.41) is 5.09. The number of fused-ring (bicyclic) bond motifs is 3. The number of halogens is 1.